The van der Waals surface area contributed by atoms with E-state index in [1.54, 1.807) is 6.08 Å². The predicted molar refractivity (Wildman–Crippen MR) is 63.9 cm³/mol. The van der Waals surface area contributed by atoms with Crippen molar-refractivity contribution >= 4 is 16.8 Å². The van der Waals surface area contributed by atoms with Crippen molar-refractivity contribution in [1.82, 2.24) is 0 Å². The van der Waals surface area contributed by atoms with Gasteiger partial charge < -0.3 is 10.2 Å². The summed E-state index contributed by atoms with van der Waals surface area (Å²) in [5, 5.41) is 21.7. The lowest BCUT2D eigenvalue weighted by Gasteiger charge is -2.22. The van der Waals surface area contributed by atoms with E-state index in [1.165, 1.54) is 0 Å². The quantitative estimate of drug-likeness (QED) is 0.703. The molecule has 0 spiro atoms. The van der Waals surface area contributed by atoms with Crippen molar-refractivity contribution in [2.45, 2.75) is 12.2 Å². The normalized spacial score (nSPS) is 23.4. The minimum absolute atomic E-state index is 0.798. The van der Waals surface area contributed by atoms with Crippen LogP contribution in [0.15, 0.2) is 42.5 Å². The molecule has 2 N–H and O–H groups in total. The Kier molecular flexibility index (Phi) is 2.06. The van der Waals surface area contributed by atoms with Crippen molar-refractivity contribution < 1.29 is 10.2 Å². The Labute approximate surface area is 93.5 Å². The molecule has 2 nitrogen and oxygen atoms in total. The van der Waals surface area contributed by atoms with Gasteiger partial charge in [0.15, 0.2) is 0 Å². The Hall–Kier alpha value is -1.64. The summed E-state index contributed by atoms with van der Waals surface area (Å²) < 4.78 is 0. The summed E-state index contributed by atoms with van der Waals surface area (Å²) in [5.74, 6) is 0. The Morgan fingerprint density at radius 3 is 2.62 bits per heavy atom. The van der Waals surface area contributed by atoms with Crippen LogP contribution in [-0.4, -0.2) is 16.3 Å². The molecule has 16 heavy (non-hydrogen) atoms. The van der Waals surface area contributed by atoms with Gasteiger partial charge in [0.05, 0.1) is 0 Å². The molecule has 0 saturated heterocycles. The summed E-state index contributed by atoms with van der Waals surface area (Å²) in [7, 11) is 0. The first kappa shape index (κ1) is 9.58. The van der Waals surface area contributed by atoms with E-state index in [1.807, 2.05) is 42.5 Å². The van der Waals surface area contributed by atoms with Crippen molar-refractivity contribution in [2.75, 3.05) is 0 Å². The lowest BCUT2D eigenvalue weighted by molar-refractivity contribution is 0.0471. The number of aliphatic hydroxyl groups excluding tert-OH is 2. The zero-order valence-corrected chi connectivity index (χ0v) is 8.67. The fourth-order valence-corrected chi connectivity index (χ4v) is 2.24. The first-order chi connectivity index (χ1) is 7.77. The summed E-state index contributed by atoms with van der Waals surface area (Å²) in [6, 6.07) is 11.9. The second-order valence-corrected chi connectivity index (χ2v) is 4.08. The van der Waals surface area contributed by atoms with Gasteiger partial charge in [-0.1, -0.05) is 48.6 Å². The van der Waals surface area contributed by atoms with Crippen LogP contribution in [0.5, 0.6) is 0 Å². The topological polar surface area (TPSA) is 40.5 Å². The number of hydrogen-bond acceptors (Lipinski definition) is 2. The molecule has 0 radical (unpaired) electrons. The maximum atomic E-state index is 9.89. The molecular weight excluding hydrogens is 200 g/mol. The molecule has 2 aromatic carbocycles. The molecular formula is C14H12O2. The summed E-state index contributed by atoms with van der Waals surface area (Å²) >= 11 is 0. The fraction of sp³-hybridized carbons (Fsp3) is 0.143. The third-order valence-corrected chi connectivity index (χ3v) is 3.11. The van der Waals surface area contributed by atoms with Crippen molar-refractivity contribution in [3.63, 3.8) is 0 Å². The number of aliphatic hydroxyl groups is 2. The minimum Gasteiger partial charge on any atom is -0.386 e. The fourth-order valence-electron chi connectivity index (χ4n) is 2.24. The molecule has 2 atom stereocenters. The smallest absolute Gasteiger partial charge is 0.109 e. The molecule has 3 rings (SSSR count). The van der Waals surface area contributed by atoms with E-state index in [2.05, 4.69) is 0 Å². The molecule has 0 amide bonds. The first-order valence-electron chi connectivity index (χ1n) is 5.33. The lowest BCUT2D eigenvalue weighted by atomic mass is 9.89. The summed E-state index contributed by atoms with van der Waals surface area (Å²) in [4.78, 5) is 0. The number of benzene rings is 2. The Balaban J connectivity index is 2.34. The third-order valence-electron chi connectivity index (χ3n) is 3.11. The van der Waals surface area contributed by atoms with Crippen LogP contribution in [0.25, 0.3) is 16.8 Å². The largest absolute Gasteiger partial charge is 0.386 e. The maximum absolute atomic E-state index is 9.89. The van der Waals surface area contributed by atoms with Crippen LogP contribution < -0.4 is 0 Å². The van der Waals surface area contributed by atoms with E-state index in [0.717, 1.165) is 21.9 Å². The molecule has 80 valence electrons. The molecule has 1 aliphatic rings. The van der Waals surface area contributed by atoms with E-state index in [4.69, 9.17) is 0 Å². The molecule has 1 aliphatic carbocycles. The Morgan fingerprint density at radius 1 is 0.938 bits per heavy atom. The number of rotatable bonds is 0. The maximum Gasteiger partial charge on any atom is 0.109 e. The third kappa shape index (κ3) is 1.28. The summed E-state index contributed by atoms with van der Waals surface area (Å²) in [6.07, 6.45) is 1.91. The van der Waals surface area contributed by atoms with Gasteiger partial charge in [0, 0.05) is 0 Å². The average molecular weight is 212 g/mol. The molecule has 2 heteroatoms. The molecule has 0 aliphatic heterocycles. The Bertz CT molecular complexity index is 572. The van der Waals surface area contributed by atoms with Crippen molar-refractivity contribution in [2.24, 2.45) is 0 Å². The molecule has 0 unspecified atom stereocenters. The molecule has 0 saturated carbocycles. The van der Waals surface area contributed by atoms with Gasteiger partial charge in [-0.3, -0.25) is 0 Å². The SMILES string of the molecule is O[C@H]1C=Cc2c(ccc3ccccc23)[C@@H]1O. The van der Waals surface area contributed by atoms with E-state index < -0.39 is 12.2 Å². The van der Waals surface area contributed by atoms with Crippen LogP contribution in [0.3, 0.4) is 0 Å². The zero-order chi connectivity index (χ0) is 11.1. The predicted octanol–water partition coefficient (Wildman–Crippen LogP) is 2.26. The van der Waals surface area contributed by atoms with Crippen molar-refractivity contribution in [3.05, 3.63) is 53.6 Å². The van der Waals surface area contributed by atoms with Crippen molar-refractivity contribution in [1.29, 1.82) is 0 Å². The number of hydrogen-bond donors (Lipinski definition) is 2. The van der Waals surface area contributed by atoms with Crippen LogP contribution in [0, 0.1) is 0 Å². The zero-order valence-electron chi connectivity index (χ0n) is 8.67. The lowest BCUT2D eigenvalue weighted by Crippen LogP contribution is -2.19. The van der Waals surface area contributed by atoms with E-state index in [0.29, 0.717) is 0 Å². The monoisotopic (exact) mass is 212 g/mol. The Morgan fingerprint density at radius 2 is 1.75 bits per heavy atom. The van der Waals surface area contributed by atoms with Crippen LogP contribution in [-0.2, 0) is 0 Å². The van der Waals surface area contributed by atoms with Gasteiger partial charge in [0.2, 0.25) is 0 Å². The molecule has 0 heterocycles. The average Bonchev–Trinajstić information content (AvgIpc) is 2.33. The van der Waals surface area contributed by atoms with Crippen LogP contribution in [0.1, 0.15) is 17.2 Å². The first-order valence-corrected chi connectivity index (χ1v) is 5.33. The van der Waals surface area contributed by atoms with Gasteiger partial charge in [-0.25, -0.2) is 0 Å². The molecule has 0 fully saturated rings. The second-order valence-electron chi connectivity index (χ2n) is 4.08. The highest BCUT2D eigenvalue weighted by molar-refractivity contribution is 5.92. The highest BCUT2D eigenvalue weighted by Crippen LogP contribution is 2.33. The van der Waals surface area contributed by atoms with Crippen LogP contribution in [0.4, 0.5) is 0 Å². The summed E-state index contributed by atoms with van der Waals surface area (Å²) in [6.45, 7) is 0. The van der Waals surface area contributed by atoms with Gasteiger partial charge in [0.25, 0.3) is 0 Å². The second kappa shape index (κ2) is 3.44. The van der Waals surface area contributed by atoms with Crippen LogP contribution >= 0.6 is 0 Å². The van der Waals surface area contributed by atoms with E-state index >= 15 is 0 Å². The molecule has 0 bridgehead atoms. The highest BCUT2D eigenvalue weighted by Gasteiger charge is 2.22. The highest BCUT2D eigenvalue weighted by atomic mass is 16.3. The van der Waals surface area contributed by atoms with Gasteiger partial charge in [0.1, 0.15) is 12.2 Å². The van der Waals surface area contributed by atoms with Gasteiger partial charge in [-0.05, 0) is 21.9 Å². The van der Waals surface area contributed by atoms with Gasteiger partial charge >= 0.3 is 0 Å². The van der Waals surface area contributed by atoms with Gasteiger partial charge in [-0.2, -0.15) is 0 Å². The van der Waals surface area contributed by atoms with E-state index in [9.17, 15) is 10.2 Å². The minimum atomic E-state index is -0.815. The van der Waals surface area contributed by atoms with Crippen LogP contribution in [0.2, 0.25) is 0 Å². The van der Waals surface area contributed by atoms with Gasteiger partial charge in [-0.15, -0.1) is 0 Å². The van der Waals surface area contributed by atoms with Crippen molar-refractivity contribution in [3.8, 4) is 0 Å². The molecule has 0 aromatic heterocycles. The standard InChI is InChI=1S/C14H12O2/c15-13-8-7-11-10-4-2-1-3-9(10)5-6-12(11)14(13)16/h1-8,13-16H/t13-,14-/m0/s1. The van der Waals surface area contributed by atoms with E-state index in [-0.39, 0.29) is 0 Å². The number of fused-ring (bicyclic) bond motifs is 3. The molecule has 2 aromatic rings. The summed E-state index contributed by atoms with van der Waals surface area (Å²) in [5.41, 5.74) is 1.81.